The quantitative estimate of drug-likeness (QED) is 0.0540. The molecule has 1 unspecified atom stereocenters. The van der Waals surface area contributed by atoms with E-state index in [-0.39, 0.29) is 23.1 Å². The number of hydrogen-bond donors (Lipinski definition) is 2. The monoisotopic (exact) mass is 639 g/mol. The van der Waals surface area contributed by atoms with Crippen LogP contribution in [0.5, 0.6) is 0 Å². The van der Waals surface area contributed by atoms with Gasteiger partial charge in [-0.25, -0.2) is 0 Å². The highest BCUT2D eigenvalue weighted by Crippen LogP contribution is 2.29. The number of carboxylic acid groups (broad SMARTS) is 1. The zero-order chi connectivity index (χ0) is 33.8. The molecule has 0 aliphatic rings. The lowest BCUT2D eigenvalue weighted by atomic mass is 9.79. The Morgan fingerprint density at radius 2 is 0.800 bits per heavy atom. The van der Waals surface area contributed by atoms with Gasteiger partial charge in [-0.3, -0.25) is 14.4 Å². The Morgan fingerprint density at radius 3 is 1.09 bits per heavy atom. The smallest absolute Gasteiger partial charge is 0.307 e. The van der Waals surface area contributed by atoms with Gasteiger partial charge in [0.15, 0.2) is 23.2 Å². The van der Waals surface area contributed by atoms with Gasteiger partial charge in [-0.1, -0.05) is 168 Å². The maximum Gasteiger partial charge on any atom is 0.307 e. The number of carboxylic acids is 1. The Balaban J connectivity index is 4.55. The largest absolute Gasteiger partial charge is 0.481 e. The van der Waals surface area contributed by atoms with Crippen LogP contribution in [0.2, 0.25) is 0 Å². The summed E-state index contributed by atoms with van der Waals surface area (Å²) in [5, 5.41) is 21.3. The number of aliphatic hydroxyl groups is 1. The van der Waals surface area contributed by atoms with Crippen LogP contribution in [0.4, 0.5) is 0 Å². The molecular formula is C39H76NO5+. The van der Waals surface area contributed by atoms with Gasteiger partial charge >= 0.3 is 5.97 Å². The number of hydrogen-bond acceptors (Lipinski definition) is 4. The molecule has 0 aromatic rings. The van der Waals surface area contributed by atoms with Crippen molar-refractivity contribution < 1.29 is 29.1 Å². The molecule has 6 nitrogen and oxygen atoms in total. The molecule has 0 saturated heterocycles. The van der Waals surface area contributed by atoms with E-state index in [9.17, 15) is 24.6 Å². The molecule has 0 aliphatic heterocycles. The van der Waals surface area contributed by atoms with E-state index in [2.05, 4.69) is 13.8 Å². The van der Waals surface area contributed by atoms with Crippen molar-refractivity contribution in [2.45, 2.75) is 212 Å². The molecule has 0 radical (unpaired) electrons. The van der Waals surface area contributed by atoms with Crippen molar-refractivity contribution in [3.8, 4) is 0 Å². The molecular weight excluding hydrogens is 562 g/mol. The minimum Gasteiger partial charge on any atom is -0.481 e. The van der Waals surface area contributed by atoms with Gasteiger partial charge in [0, 0.05) is 12.8 Å². The summed E-state index contributed by atoms with van der Waals surface area (Å²) in [6.07, 6.45) is 30.9. The summed E-state index contributed by atoms with van der Waals surface area (Å²) in [5.74, 6) is -1.94. The van der Waals surface area contributed by atoms with E-state index in [0.29, 0.717) is 12.8 Å². The van der Waals surface area contributed by atoms with E-state index in [1.807, 2.05) is 0 Å². The molecule has 0 fully saturated rings. The Morgan fingerprint density at radius 1 is 0.511 bits per heavy atom. The van der Waals surface area contributed by atoms with Crippen LogP contribution in [0.3, 0.4) is 0 Å². The Kier molecular flexibility index (Phi) is 27.0. The topological polar surface area (TPSA) is 91.7 Å². The first kappa shape index (κ1) is 43.7. The average Bonchev–Trinajstić information content (AvgIpc) is 2.96. The third-order valence-corrected chi connectivity index (χ3v) is 9.47. The van der Waals surface area contributed by atoms with Gasteiger partial charge in [-0.15, -0.1) is 0 Å². The highest BCUT2D eigenvalue weighted by molar-refractivity contribution is 5.98. The normalized spacial score (nSPS) is 13.9. The number of nitrogens with zero attached hydrogens (tertiary/aromatic N) is 1. The van der Waals surface area contributed by atoms with Crippen LogP contribution in [0.1, 0.15) is 200 Å². The van der Waals surface area contributed by atoms with Gasteiger partial charge in [0.25, 0.3) is 0 Å². The van der Waals surface area contributed by atoms with E-state index >= 15 is 0 Å². The molecule has 0 aromatic heterocycles. The fourth-order valence-electron chi connectivity index (χ4n) is 6.89. The highest BCUT2D eigenvalue weighted by Gasteiger charge is 2.55. The van der Waals surface area contributed by atoms with Crippen molar-refractivity contribution in [3.63, 3.8) is 0 Å². The maximum absolute atomic E-state index is 13.5. The lowest BCUT2D eigenvalue weighted by molar-refractivity contribution is -0.892. The minimum atomic E-state index is -2.19. The molecule has 266 valence electrons. The second kappa shape index (κ2) is 27.8. The minimum absolute atomic E-state index is 0.0331. The number of unbranched alkanes of at least 4 members (excludes halogenated alkanes) is 24. The van der Waals surface area contributed by atoms with Crippen LogP contribution in [0, 0.1) is 0 Å². The molecule has 0 saturated carbocycles. The number of carbonyl (C=O) groups excluding carboxylic acids is 2. The molecule has 2 N–H and O–H groups in total. The summed E-state index contributed by atoms with van der Waals surface area (Å²) in [7, 11) is 5.33. The highest BCUT2D eigenvalue weighted by atomic mass is 16.4. The maximum atomic E-state index is 13.5. The van der Waals surface area contributed by atoms with Crippen LogP contribution in [-0.4, -0.2) is 65.0 Å². The van der Waals surface area contributed by atoms with Crippen molar-refractivity contribution in [2.24, 2.45) is 0 Å². The van der Waals surface area contributed by atoms with E-state index in [1.54, 1.807) is 21.1 Å². The molecule has 0 amide bonds. The Labute approximate surface area is 279 Å². The van der Waals surface area contributed by atoms with Crippen LogP contribution < -0.4 is 0 Å². The van der Waals surface area contributed by atoms with Gasteiger partial charge in [0.1, 0.15) is 0 Å². The van der Waals surface area contributed by atoms with Crippen LogP contribution in [-0.2, 0) is 14.4 Å². The van der Waals surface area contributed by atoms with Crippen molar-refractivity contribution in [2.75, 3.05) is 21.1 Å². The van der Waals surface area contributed by atoms with Gasteiger partial charge in [-0.05, 0) is 12.8 Å². The van der Waals surface area contributed by atoms with Crippen molar-refractivity contribution in [3.05, 3.63) is 0 Å². The van der Waals surface area contributed by atoms with Crippen LogP contribution in [0.25, 0.3) is 0 Å². The third-order valence-electron chi connectivity index (χ3n) is 9.47. The van der Waals surface area contributed by atoms with Gasteiger partial charge in [0.2, 0.25) is 0 Å². The zero-order valence-corrected chi connectivity index (χ0v) is 30.6. The van der Waals surface area contributed by atoms with Crippen molar-refractivity contribution in [1.82, 2.24) is 0 Å². The van der Waals surface area contributed by atoms with Gasteiger partial charge < -0.3 is 14.7 Å². The third kappa shape index (κ3) is 22.8. The average molecular weight is 639 g/mol. The Bertz CT molecular complexity index is 746. The standard InChI is InChI=1S/C39H75NO5/c1-6-8-10-12-14-16-18-20-22-24-26-28-30-32-35(41)38(40(3,4)5)39(45,34-37(43)44)36(42)33-31-29-27-25-23-21-19-17-15-13-11-9-7-2/h38,45H,6-34H2,1-5H3/p+1/t38?,39-/m0/s1. The van der Waals surface area contributed by atoms with Crippen LogP contribution in [0.15, 0.2) is 0 Å². The van der Waals surface area contributed by atoms with E-state index in [1.165, 1.54) is 122 Å². The number of ketones is 2. The number of rotatable bonds is 34. The summed E-state index contributed by atoms with van der Waals surface area (Å²) in [5.41, 5.74) is -2.19. The van der Waals surface area contributed by atoms with Crippen LogP contribution >= 0.6 is 0 Å². The molecule has 6 heteroatoms. The summed E-state index contributed by atoms with van der Waals surface area (Å²) in [4.78, 5) is 38.7. The summed E-state index contributed by atoms with van der Waals surface area (Å²) >= 11 is 0. The van der Waals surface area contributed by atoms with Gasteiger partial charge in [0.05, 0.1) is 27.6 Å². The Hall–Kier alpha value is -1.27. The second-order valence-electron chi connectivity index (χ2n) is 14.9. The molecule has 45 heavy (non-hydrogen) atoms. The summed E-state index contributed by atoms with van der Waals surface area (Å²) < 4.78 is 0.0331. The van der Waals surface area contributed by atoms with E-state index in [0.717, 1.165) is 32.1 Å². The number of Topliss-reactive ketones (excluding diaryl/α,β-unsaturated/α-hetero) is 2. The molecule has 0 heterocycles. The lowest BCUT2D eigenvalue weighted by Crippen LogP contribution is -2.66. The number of likely N-dealkylation sites (N-methyl/N-ethyl adjacent to an activating group) is 1. The zero-order valence-electron chi connectivity index (χ0n) is 30.6. The predicted octanol–water partition coefficient (Wildman–Crippen LogP) is 10.4. The summed E-state index contributed by atoms with van der Waals surface area (Å²) in [6, 6.07) is -1.08. The second-order valence-corrected chi connectivity index (χ2v) is 14.9. The predicted molar refractivity (Wildman–Crippen MR) is 190 cm³/mol. The molecule has 0 aliphatic carbocycles. The first-order valence-corrected chi connectivity index (χ1v) is 19.3. The first-order chi connectivity index (χ1) is 21.5. The lowest BCUT2D eigenvalue weighted by Gasteiger charge is -2.42. The van der Waals surface area contributed by atoms with E-state index < -0.39 is 29.8 Å². The molecule has 0 spiro atoms. The SMILES string of the molecule is CCCCCCCCCCCCCCCC(=O)C([C@](O)(CC(=O)O)C(=O)CCCCCCCCCCCCCCC)[N+](C)(C)C. The molecule has 0 rings (SSSR count). The number of carbonyl (C=O) groups is 3. The fraction of sp³-hybridized carbons (Fsp3) is 0.923. The fourth-order valence-corrected chi connectivity index (χ4v) is 6.89. The molecule has 0 aromatic carbocycles. The molecule has 2 atom stereocenters. The number of quaternary nitrogens is 1. The first-order valence-electron chi connectivity index (χ1n) is 19.3. The molecule has 0 bridgehead atoms. The van der Waals surface area contributed by atoms with Crippen molar-refractivity contribution >= 4 is 17.5 Å². The van der Waals surface area contributed by atoms with Crippen molar-refractivity contribution in [1.29, 1.82) is 0 Å². The number of aliphatic carboxylic acids is 1. The summed E-state index contributed by atoms with van der Waals surface area (Å²) in [6.45, 7) is 4.50. The van der Waals surface area contributed by atoms with Gasteiger partial charge in [-0.2, -0.15) is 0 Å². The van der Waals surface area contributed by atoms with E-state index in [4.69, 9.17) is 0 Å².